The maximum absolute atomic E-state index is 12.4. The van der Waals surface area contributed by atoms with Crippen LogP contribution in [0.25, 0.3) is 5.69 Å². The standard InChI is InChI=1S/C29H27Cl2N5O4/c1-15(2)27-19(26(29(38)39)34-36(27)22-12-17(14-32)6-10-23(22)40-5)13-18-7-8-20(30)25(16(18)3)33-21-9-11-24(37)35(4)28(21)31/h6-12,15,33H,13H2,1-5H3,(H,38,39). The van der Waals surface area contributed by atoms with Crippen molar-refractivity contribution in [1.29, 1.82) is 5.26 Å². The van der Waals surface area contributed by atoms with Gasteiger partial charge in [-0.05, 0) is 54.3 Å². The van der Waals surface area contributed by atoms with Gasteiger partial charge in [0.25, 0.3) is 5.56 Å². The van der Waals surface area contributed by atoms with Crippen LogP contribution in [0, 0.1) is 18.3 Å². The predicted molar refractivity (Wildman–Crippen MR) is 155 cm³/mol. The van der Waals surface area contributed by atoms with Crippen LogP contribution < -0.4 is 15.6 Å². The van der Waals surface area contributed by atoms with Crippen LogP contribution in [0.2, 0.25) is 10.2 Å². The van der Waals surface area contributed by atoms with Crippen LogP contribution in [0.3, 0.4) is 0 Å². The average Bonchev–Trinajstić information content (AvgIpc) is 3.31. The monoisotopic (exact) mass is 579 g/mol. The minimum atomic E-state index is -1.17. The lowest BCUT2D eigenvalue weighted by Crippen LogP contribution is -2.16. The van der Waals surface area contributed by atoms with Crippen molar-refractivity contribution in [1.82, 2.24) is 14.3 Å². The van der Waals surface area contributed by atoms with Gasteiger partial charge < -0.3 is 19.7 Å². The summed E-state index contributed by atoms with van der Waals surface area (Å²) in [6.07, 6.45) is 0.244. The fraction of sp³-hybridized carbons (Fsp3) is 0.241. The quantitative estimate of drug-likeness (QED) is 0.237. The van der Waals surface area contributed by atoms with E-state index in [0.717, 1.165) is 11.1 Å². The minimum absolute atomic E-state index is 0.0990. The third-order valence-electron chi connectivity index (χ3n) is 6.70. The summed E-state index contributed by atoms with van der Waals surface area (Å²) in [6.45, 7) is 5.78. The van der Waals surface area contributed by atoms with Crippen molar-refractivity contribution in [3.8, 4) is 17.5 Å². The Morgan fingerprint density at radius 2 is 1.93 bits per heavy atom. The van der Waals surface area contributed by atoms with E-state index in [9.17, 15) is 20.0 Å². The Bertz CT molecular complexity index is 1730. The lowest BCUT2D eigenvalue weighted by Gasteiger charge is -2.18. The number of benzene rings is 2. The van der Waals surface area contributed by atoms with Crippen LogP contribution >= 0.6 is 23.2 Å². The molecule has 0 saturated carbocycles. The zero-order valence-corrected chi connectivity index (χ0v) is 24.1. The largest absolute Gasteiger partial charge is 0.494 e. The van der Waals surface area contributed by atoms with Gasteiger partial charge in [-0.15, -0.1) is 0 Å². The van der Waals surface area contributed by atoms with Gasteiger partial charge in [-0.2, -0.15) is 10.4 Å². The third kappa shape index (κ3) is 5.28. The predicted octanol–water partition coefficient (Wildman–Crippen LogP) is 6.22. The van der Waals surface area contributed by atoms with Gasteiger partial charge in [-0.3, -0.25) is 4.79 Å². The second-order valence-corrected chi connectivity index (χ2v) is 10.3. The van der Waals surface area contributed by atoms with Crippen LogP contribution in [-0.4, -0.2) is 32.5 Å². The summed E-state index contributed by atoms with van der Waals surface area (Å²) in [6, 6.07) is 13.6. The Morgan fingerprint density at radius 3 is 2.55 bits per heavy atom. The summed E-state index contributed by atoms with van der Waals surface area (Å²) in [7, 11) is 3.07. The van der Waals surface area contributed by atoms with E-state index in [1.54, 1.807) is 42.1 Å². The lowest BCUT2D eigenvalue weighted by atomic mass is 9.94. The van der Waals surface area contributed by atoms with Crippen LogP contribution in [0.4, 0.5) is 11.4 Å². The van der Waals surface area contributed by atoms with Crippen molar-refractivity contribution >= 4 is 40.5 Å². The Balaban J connectivity index is 1.88. The number of hydrogen-bond donors (Lipinski definition) is 2. The van der Waals surface area contributed by atoms with Gasteiger partial charge in [0, 0.05) is 25.1 Å². The van der Waals surface area contributed by atoms with Crippen molar-refractivity contribution in [3.63, 3.8) is 0 Å². The molecule has 0 aliphatic carbocycles. The molecule has 4 aromatic rings. The lowest BCUT2D eigenvalue weighted by molar-refractivity contribution is 0.0689. The number of carboxylic acid groups (broad SMARTS) is 1. The summed E-state index contributed by atoms with van der Waals surface area (Å²) in [4.78, 5) is 24.4. The highest BCUT2D eigenvalue weighted by atomic mass is 35.5. The number of nitriles is 1. The fourth-order valence-corrected chi connectivity index (χ4v) is 5.05. The van der Waals surface area contributed by atoms with Crippen LogP contribution in [0.15, 0.2) is 47.3 Å². The molecular weight excluding hydrogens is 553 g/mol. The molecule has 0 bridgehead atoms. The summed E-state index contributed by atoms with van der Waals surface area (Å²) < 4.78 is 8.39. The maximum Gasteiger partial charge on any atom is 0.356 e. The number of nitrogens with zero attached hydrogens (tertiary/aromatic N) is 4. The topological polar surface area (TPSA) is 122 Å². The molecule has 0 fully saturated rings. The van der Waals surface area contributed by atoms with E-state index in [2.05, 4.69) is 16.5 Å². The number of carboxylic acids is 1. The number of halogens is 2. The fourth-order valence-electron chi connectivity index (χ4n) is 4.61. The van der Waals surface area contributed by atoms with Crippen molar-refractivity contribution in [2.75, 3.05) is 12.4 Å². The van der Waals surface area contributed by atoms with Crippen molar-refractivity contribution in [2.24, 2.45) is 7.05 Å². The highest BCUT2D eigenvalue weighted by Crippen LogP contribution is 2.37. The number of aromatic carboxylic acids is 1. The third-order valence-corrected chi connectivity index (χ3v) is 7.47. The first-order valence-corrected chi connectivity index (χ1v) is 13.1. The highest BCUT2D eigenvalue weighted by Gasteiger charge is 2.27. The molecular formula is C29H27Cl2N5O4. The van der Waals surface area contributed by atoms with Gasteiger partial charge in [0.15, 0.2) is 5.69 Å². The van der Waals surface area contributed by atoms with Crippen LogP contribution in [-0.2, 0) is 13.5 Å². The number of nitrogens with one attached hydrogen (secondary N) is 1. The SMILES string of the molecule is COc1ccc(C#N)cc1-n1nc(C(=O)O)c(Cc2ccc(Cl)c(Nc3ccc(=O)n(C)c3Cl)c2C)c1C(C)C. The van der Waals surface area contributed by atoms with E-state index in [1.807, 2.05) is 26.8 Å². The number of ether oxygens (including phenoxy) is 1. The normalized spacial score (nSPS) is 11.0. The van der Waals surface area contributed by atoms with Crippen LogP contribution in [0.5, 0.6) is 5.75 Å². The first kappa shape index (κ1) is 28.7. The van der Waals surface area contributed by atoms with Gasteiger partial charge in [0.2, 0.25) is 0 Å². The maximum atomic E-state index is 12.4. The molecule has 4 rings (SSSR count). The van der Waals surface area contributed by atoms with Crippen molar-refractivity contribution in [2.45, 2.75) is 33.1 Å². The first-order valence-electron chi connectivity index (χ1n) is 12.3. The summed E-state index contributed by atoms with van der Waals surface area (Å²) in [5.74, 6) is -0.844. The zero-order chi connectivity index (χ0) is 29.3. The molecule has 0 spiro atoms. The summed E-state index contributed by atoms with van der Waals surface area (Å²) in [5.41, 5.74) is 4.39. The molecule has 40 heavy (non-hydrogen) atoms. The molecule has 0 aliphatic heterocycles. The van der Waals surface area contributed by atoms with Crippen molar-refractivity contribution in [3.05, 3.63) is 96.6 Å². The first-order chi connectivity index (χ1) is 19.0. The molecule has 2 heterocycles. The summed E-state index contributed by atoms with van der Waals surface area (Å²) in [5, 5.41) is 28.0. The Hall–Kier alpha value is -4.26. The minimum Gasteiger partial charge on any atom is -0.494 e. The molecule has 0 atom stereocenters. The molecule has 206 valence electrons. The molecule has 11 heteroatoms. The number of aromatic nitrogens is 3. The van der Waals surface area contributed by atoms with E-state index in [-0.39, 0.29) is 28.7 Å². The second-order valence-electron chi connectivity index (χ2n) is 9.53. The molecule has 0 aliphatic rings. The molecule has 0 unspecified atom stereocenters. The average molecular weight is 580 g/mol. The van der Waals surface area contributed by atoms with E-state index >= 15 is 0 Å². The van der Waals surface area contributed by atoms with Crippen molar-refractivity contribution < 1.29 is 14.6 Å². The van der Waals surface area contributed by atoms with E-state index < -0.39 is 5.97 Å². The Morgan fingerprint density at radius 1 is 1.20 bits per heavy atom. The van der Waals surface area contributed by atoms with Gasteiger partial charge in [-0.25, -0.2) is 9.48 Å². The Kier molecular flexibility index (Phi) is 8.24. The number of carbonyl (C=O) groups is 1. The molecule has 2 N–H and O–H groups in total. The van der Waals surface area contributed by atoms with Gasteiger partial charge in [0.05, 0.1) is 40.8 Å². The molecule has 2 aromatic carbocycles. The number of methoxy groups -OCH3 is 1. The number of anilines is 2. The number of pyridine rings is 1. The smallest absolute Gasteiger partial charge is 0.356 e. The summed E-state index contributed by atoms with van der Waals surface area (Å²) >= 11 is 13.0. The molecule has 2 aromatic heterocycles. The van der Waals surface area contributed by atoms with E-state index in [1.165, 1.54) is 17.7 Å². The van der Waals surface area contributed by atoms with E-state index in [0.29, 0.717) is 44.7 Å². The van der Waals surface area contributed by atoms with E-state index in [4.69, 9.17) is 27.9 Å². The zero-order valence-electron chi connectivity index (χ0n) is 22.5. The molecule has 0 amide bonds. The number of hydrogen-bond acceptors (Lipinski definition) is 6. The van der Waals surface area contributed by atoms with Gasteiger partial charge >= 0.3 is 5.97 Å². The molecule has 0 radical (unpaired) electrons. The van der Waals surface area contributed by atoms with Gasteiger partial charge in [-0.1, -0.05) is 43.1 Å². The highest BCUT2D eigenvalue weighted by molar-refractivity contribution is 6.34. The molecule has 9 nitrogen and oxygen atoms in total. The van der Waals surface area contributed by atoms with Crippen LogP contribution in [0.1, 0.15) is 58.2 Å². The Labute approximate surface area is 241 Å². The number of rotatable bonds is 8. The van der Waals surface area contributed by atoms with Gasteiger partial charge in [0.1, 0.15) is 16.6 Å². The molecule has 0 saturated heterocycles. The second kappa shape index (κ2) is 11.5.